The molecule has 74 heavy (non-hydrogen) atoms. The lowest BCUT2D eigenvalue weighted by molar-refractivity contribution is -0.127. The molecule has 0 saturated carbocycles. The lowest BCUT2D eigenvalue weighted by Crippen LogP contribution is -2.51. The molecule has 2 saturated heterocycles. The lowest BCUT2D eigenvalue weighted by atomic mass is 9.73. The maximum Gasteiger partial charge on any atom is 0.234 e. The largest absolute Gasteiger partial charge is 0.354 e. The highest BCUT2D eigenvalue weighted by molar-refractivity contribution is 8.00. The number of fused-ring (bicyclic) bond motifs is 3. The molecule has 1 unspecified atom stereocenters. The van der Waals surface area contributed by atoms with Gasteiger partial charge in [-0.3, -0.25) is 19.4 Å². The van der Waals surface area contributed by atoms with E-state index in [9.17, 15) is 9.59 Å². The summed E-state index contributed by atoms with van der Waals surface area (Å²) in [4.78, 5) is 33.5. The van der Waals surface area contributed by atoms with Crippen LogP contribution in [0.1, 0.15) is 83.9 Å². The standard InChI is InChI=1S/C67H69N3O2S2/c1-2-63(71)65-61(53-39-38-51-24-21-22-25-52(51)48-53)49-60-40-41-62(65)70(60)44-23-43-69(45-47-74-67(57-32-15-6-16-33-57,58-34-17-7-18-35-58)59-36-19-8-20-37-59)50-64(72)68-42-46-73-66(54-26-9-3-10-27-54,55-28-11-4-12-29-55)56-30-13-5-14-31-56/h3-22,24-39,48,60-62,65H,2,23,40-47,49-50H2,1H3,(H,68,72)/t60?,61-,62+,65-/m0/s1. The van der Waals surface area contributed by atoms with E-state index in [0.717, 1.165) is 56.8 Å². The van der Waals surface area contributed by atoms with Crippen molar-refractivity contribution < 1.29 is 9.59 Å². The molecule has 0 radical (unpaired) electrons. The predicted octanol–water partition coefficient (Wildman–Crippen LogP) is 14.0. The van der Waals surface area contributed by atoms with Crippen molar-refractivity contribution in [2.24, 2.45) is 5.92 Å². The van der Waals surface area contributed by atoms with Gasteiger partial charge in [0.2, 0.25) is 5.91 Å². The van der Waals surface area contributed by atoms with Crippen LogP contribution in [0.15, 0.2) is 224 Å². The summed E-state index contributed by atoms with van der Waals surface area (Å²) in [6.45, 7) is 5.34. The molecule has 8 aromatic carbocycles. The molecule has 4 atom stereocenters. The highest BCUT2D eigenvalue weighted by Gasteiger charge is 2.49. The van der Waals surface area contributed by atoms with Crippen LogP contribution < -0.4 is 5.32 Å². The molecule has 2 bridgehead atoms. The molecule has 10 rings (SSSR count). The van der Waals surface area contributed by atoms with Crippen LogP contribution in [0.2, 0.25) is 0 Å². The monoisotopic (exact) mass is 1010 g/mol. The summed E-state index contributed by atoms with van der Waals surface area (Å²) in [5.41, 5.74) is 8.66. The lowest BCUT2D eigenvalue weighted by Gasteiger charge is -2.44. The first kappa shape index (κ1) is 51.3. The van der Waals surface area contributed by atoms with Gasteiger partial charge in [0, 0.05) is 49.0 Å². The second-order valence-corrected chi connectivity index (χ2v) is 22.7. The van der Waals surface area contributed by atoms with Crippen LogP contribution in [0.4, 0.5) is 0 Å². The molecule has 0 aromatic heterocycles. The Hall–Kier alpha value is -6.22. The van der Waals surface area contributed by atoms with E-state index in [0.29, 0.717) is 31.3 Å². The molecule has 0 aliphatic carbocycles. The van der Waals surface area contributed by atoms with Crippen molar-refractivity contribution in [1.29, 1.82) is 0 Å². The van der Waals surface area contributed by atoms with Gasteiger partial charge in [-0.25, -0.2) is 0 Å². The third-order valence-electron chi connectivity index (χ3n) is 15.8. The summed E-state index contributed by atoms with van der Waals surface area (Å²) < 4.78 is -0.905. The number of carbonyl (C=O) groups excluding carboxylic acids is 2. The van der Waals surface area contributed by atoms with E-state index in [4.69, 9.17) is 0 Å². The summed E-state index contributed by atoms with van der Waals surface area (Å²) in [5, 5.41) is 5.88. The van der Waals surface area contributed by atoms with Crippen LogP contribution in [0.25, 0.3) is 10.8 Å². The summed E-state index contributed by atoms with van der Waals surface area (Å²) in [6, 6.07) is 81.1. The zero-order chi connectivity index (χ0) is 50.6. The zero-order valence-corrected chi connectivity index (χ0v) is 44.3. The van der Waals surface area contributed by atoms with Gasteiger partial charge in [0.1, 0.15) is 5.78 Å². The normalized spacial score (nSPS) is 17.9. The number of benzene rings is 8. The molecular weight excluding hydrogens is 943 g/mol. The van der Waals surface area contributed by atoms with Crippen molar-refractivity contribution in [3.63, 3.8) is 0 Å². The number of Topliss-reactive ketones (excluding diaryl/α,β-unsaturated/α-hetero) is 1. The van der Waals surface area contributed by atoms with Crippen LogP contribution in [0.3, 0.4) is 0 Å². The zero-order valence-electron chi connectivity index (χ0n) is 42.7. The highest BCUT2D eigenvalue weighted by Crippen LogP contribution is 2.51. The Morgan fingerprint density at radius 3 is 1.50 bits per heavy atom. The molecule has 2 aliphatic heterocycles. The highest BCUT2D eigenvalue weighted by atomic mass is 32.2. The second-order valence-electron chi connectivity index (χ2n) is 20.1. The maximum absolute atomic E-state index is 14.4. The Labute approximate surface area is 448 Å². The van der Waals surface area contributed by atoms with Gasteiger partial charge in [-0.1, -0.05) is 231 Å². The fourth-order valence-electron chi connectivity index (χ4n) is 12.4. The number of nitrogens with one attached hydrogen (secondary N) is 1. The van der Waals surface area contributed by atoms with Gasteiger partial charge in [0.15, 0.2) is 0 Å². The smallest absolute Gasteiger partial charge is 0.234 e. The summed E-state index contributed by atoms with van der Waals surface area (Å²) in [5.74, 6) is 2.19. The number of thioether (sulfide) groups is 2. The van der Waals surface area contributed by atoms with Crippen LogP contribution in [-0.4, -0.2) is 77.8 Å². The van der Waals surface area contributed by atoms with E-state index < -0.39 is 9.49 Å². The predicted molar refractivity (Wildman–Crippen MR) is 311 cm³/mol. The first-order chi connectivity index (χ1) is 36.5. The molecule has 2 aliphatic rings. The van der Waals surface area contributed by atoms with Crippen molar-refractivity contribution in [3.05, 3.63) is 263 Å². The van der Waals surface area contributed by atoms with E-state index >= 15 is 0 Å². The molecule has 0 spiro atoms. The maximum atomic E-state index is 14.4. The molecule has 8 aromatic rings. The van der Waals surface area contributed by atoms with Crippen molar-refractivity contribution in [2.45, 2.75) is 66.5 Å². The first-order valence-corrected chi connectivity index (χ1v) is 28.8. The first-order valence-electron chi connectivity index (χ1n) is 26.8. The average Bonchev–Trinajstić information content (AvgIpc) is 3.74. The Morgan fingerprint density at radius 2 is 1.01 bits per heavy atom. The summed E-state index contributed by atoms with van der Waals surface area (Å²) in [7, 11) is 0. The topological polar surface area (TPSA) is 52.7 Å². The van der Waals surface area contributed by atoms with E-state index in [1.54, 1.807) is 0 Å². The third kappa shape index (κ3) is 11.1. The van der Waals surface area contributed by atoms with Crippen molar-refractivity contribution in [3.8, 4) is 0 Å². The van der Waals surface area contributed by atoms with Crippen LogP contribution in [-0.2, 0) is 19.1 Å². The number of piperidine rings is 1. The molecule has 376 valence electrons. The third-order valence-corrected chi connectivity index (χ3v) is 18.9. The van der Waals surface area contributed by atoms with E-state index in [2.05, 4.69) is 240 Å². The number of ketones is 1. The van der Waals surface area contributed by atoms with E-state index in [1.165, 1.54) is 49.7 Å². The number of hydrogen-bond donors (Lipinski definition) is 1. The van der Waals surface area contributed by atoms with Gasteiger partial charge < -0.3 is 5.32 Å². The fourth-order valence-corrected chi connectivity index (χ4v) is 15.4. The Kier molecular flexibility index (Phi) is 16.9. The van der Waals surface area contributed by atoms with Gasteiger partial charge in [0.05, 0.1) is 16.0 Å². The second kappa shape index (κ2) is 24.4. The Balaban J connectivity index is 0.874. The molecule has 1 N–H and O–H groups in total. The van der Waals surface area contributed by atoms with Crippen molar-refractivity contribution in [2.75, 3.05) is 44.2 Å². The van der Waals surface area contributed by atoms with Crippen molar-refractivity contribution in [1.82, 2.24) is 15.1 Å². The van der Waals surface area contributed by atoms with Gasteiger partial charge in [-0.05, 0) is 94.4 Å². The quantitative estimate of drug-likeness (QED) is 0.0509. The molecule has 7 heteroatoms. The minimum absolute atomic E-state index is 0.0115. The molecule has 2 heterocycles. The van der Waals surface area contributed by atoms with E-state index in [1.807, 2.05) is 30.4 Å². The number of rotatable bonds is 23. The SMILES string of the molecule is CCC(=O)[C@@H]1[C@H]2CCC(C[C@H]1c1ccc3ccccc3c1)N2CCCN(CCSC(c1ccccc1)(c1ccccc1)c1ccccc1)CC(=O)NCCSC(c1ccccc1)(c1ccccc1)c1ccccc1. The number of hydrogen-bond acceptors (Lipinski definition) is 6. The van der Waals surface area contributed by atoms with Gasteiger partial charge in [-0.15, -0.1) is 23.5 Å². The van der Waals surface area contributed by atoms with Crippen LogP contribution in [0, 0.1) is 5.92 Å². The van der Waals surface area contributed by atoms with Gasteiger partial charge >= 0.3 is 0 Å². The van der Waals surface area contributed by atoms with E-state index in [-0.39, 0.29) is 23.8 Å². The minimum Gasteiger partial charge on any atom is -0.354 e. The summed E-state index contributed by atoms with van der Waals surface area (Å²) in [6.07, 6.45) is 4.68. The Morgan fingerprint density at radius 1 is 0.554 bits per heavy atom. The average molecular weight is 1010 g/mol. The Bertz CT molecular complexity index is 2840. The summed E-state index contributed by atoms with van der Waals surface area (Å²) >= 11 is 3.83. The fraction of sp³-hybridized carbons (Fsp3) is 0.284. The van der Waals surface area contributed by atoms with Gasteiger partial charge in [0.25, 0.3) is 0 Å². The number of carbonyl (C=O) groups is 2. The molecular formula is C67H69N3O2S2. The number of nitrogens with zero attached hydrogens (tertiary/aromatic N) is 2. The van der Waals surface area contributed by atoms with Crippen LogP contribution in [0.5, 0.6) is 0 Å². The van der Waals surface area contributed by atoms with Gasteiger partial charge in [-0.2, -0.15) is 0 Å². The van der Waals surface area contributed by atoms with Crippen molar-refractivity contribution >= 4 is 46.0 Å². The molecule has 5 nitrogen and oxygen atoms in total. The molecule has 1 amide bonds. The molecule has 2 fully saturated rings. The van der Waals surface area contributed by atoms with Crippen LogP contribution >= 0.6 is 23.5 Å². The number of amides is 1. The minimum atomic E-state index is -0.454.